The highest BCUT2D eigenvalue weighted by molar-refractivity contribution is 7.92. The van der Waals surface area contributed by atoms with E-state index in [0.29, 0.717) is 24.5 Å². The van der Waals surface area contributed by atoms with Crippen LogP contribution in [0.3, 0.4) is 0 Å². The molecular formula is C24H22N2O4S. The normalized spacial score (nSPS) is 18.0. The molecule has 0 saturated heterocycles. The van der Waals surface area contributed by atoms with Gasteiger partial charge in [-0.2, -0.15) is 0 Å². The van der Waals surface area contributed by atoms with Gasteiger partial charge in [0.05, 0.1) is 17.1 Å². The van der Waals surface area contributed by atoms with Crippen molar-refractivity contribution in [1.29, 1.82) is 0 Å². The van der Waals surface area contributed by atoms with E-state index >= 15 is 0 Å². The summed E-state index contributed by atoms with van der Waals surface area (Å²) >= 11 is 0. The second kappa shape index (κ2) is 7.74. The predicted octanol–water partition coefficient (Wildman–Crippen LogP) is 3.23. The zero-order valence-corrected chi connectivity index (χ0v) is 17.7. The summed E-state index contributed by atoms with van der Waals surface area (Å²) in [5, 5.41) is 0. The van der Waals surface area contributed by atoms with Crippen LogP contribution in [0, 0.1) is 0 Å². The maximum atomic E-state index is 13.4. The van der Waals surface area contributed by atoms with E-state index in [2.05, 4.69) is 6.07 Å². The summed E-state index contributed by atoms with van der Waals surface area (Å²) in [7, 11) is -3.84. The summed E-state index contributed by atoms with van der Waals surface area (Å²) in [4.78, 5) is 15.3. The van der Waals surface area contributed by atoms with Gasteiger partial charge in [0.1, 0.15) is 5.75 Å². The highest BCUT2D eigenvalue weighted by Gasteiger charge is 2.39. The molecule has 0 aromatic heterocycles. The second-order valence-corrected chi connectivity index (χ2v) is 9.56. The van der Waals surface area contributed by atoms with Crippen molar-refractivity contribution < 1.29 is 17.9 Å². The molecule has 1 atom stereocenters. The van der Waals surface area contributed by atoms with Gasteiger partial charge in [0, 0.05) is 13.1 Å². The van der Waals surface area contributed by atoms with Gasteiger partial charge in [-0.05, 0) is 41.8 Å². The molecule has 7 heteroatoms. The second-order valence-electron chi connectivity index (χ2n) is 7.70. The largest absolute Gasteiger partial charge is 0.476 e. The highest BCUT2D eigenvalue weighted by Crippen LogP contribution is 2.37. The van der Waals surface area contributed by atoms with Crippen LogP contribution in [-0.2, 0) is 27.8 Å². The van der Waals surface area contributed by atoms with Crippen molar-refractivity contribution >= 4 is 21.6 Å². The van der Waals surface area contributed by atoms with Gasteiger partial charge < -0.3 is 9.64 Å². The molecule has 0 N–H and O–H groups in total. The van der Waals surface area contributed by atoms with Gasteiger partial charge in [0.2, 0.25) is 0 Å². The minimum atomic E-state index is -3.84. The first-order valence-corrected chi connectivity index (χ1v) is 11.7. The van der Waals surface area contributed by atoms with E-state index in [1.807, 2.05) is 18.2 Å². The van der Waals surface area contributed by atoms with Gasteiger partial charge in [-0.1, -0.05) is 54.6 Å². The number of hydrogen-bond donors (Lipinski definition) is 0. The number of ether oxygens (including phenoxy) is 1. The van der Waals surface area contributed by atoms with Crippen LogP contribution in [0.25, 0.3) is 0 Å². The number of carbonyl (C=O) groups excluding carboxylic acids is 1. The van der Waals surface area contributed by atoms with Crippen molar-refractivity contribution in [3.8, 4) is 5.75 Å². The van der Waals surface area contributed by atoms with Crippen LogP contribution in [0.5, 0.6) is 5.75 Å². The zero-order valence-electron chi connectivity index (χ0n) is 16.8. The Bertz CT molecular complexity index is 1230. The number of benzene rings is 3. The van der Waals surface area contributed by atoms with Crippen molar-refractivity contribution in [2.24, 2.45) is 0 Å². The Labute approximate surface area is 181 Å². The predicted molar refractivity (Wildman–Crippen MR) is 117 cm³/mol. The van der Waals surface area contributed by atoms with Gasteiger partial charge >= 0.3 is 0 Å². The van der Waals surface area contributed by atoms with Crippen molar-refractivity contribution in [2.75, 3.05) is 17.4 Å². The van der Waals surface area contributed by atoms with Gasteiger partial charge in [0.25, 0.3) is 15.9 Å². The van der Waals surface area contributed by atoms with E-state index in [4.69, 9.17) is 4.74 Å². The fourth-order valence-electron chi connectivity index (χ4n) is 4.17. The topological polar surface area (TPSA) is 66.9 Å². The fraction of sp³-hybridized carbons (Fsp3) is 0.208. The summed E-state index contributed by atoms with van der Waals surface area (Å²) in [6.45, 7) is 1.02. The van der Waals surface area contributed by atoms with Gasteiger partial charge in [0.15, 0.2) is 6.10 Å². The van der Waals surface area contributed by atoms with Crippen LogP contribution in [-0.4, -0.2) is 38.4 Å². The van der Waals surface area contributed by atoms with E-state index in [0.717, 1.165) is 12.0 Å². The average Bonchev–Trinajstić information content (AvgIpc) is 2.83. The molecule has 1 amide bonds. The Balaban J connectivity index is 1.46. The number of fused-ring (bicyclic) bond motifs is 2. The zero-order chi connectivity index (χ0) is 21.4. The van der Waals surface area contributed by atoms with Crippen LogP contribution in [0.4, 0.5) is 5.69 Å². The molecule has 158 valence electrons. The van der Waals surface area contributed by atoms with Crippen molar-refractivity contribution in [3.63, 3.8) is 0 Å². The minimum Gasteiger partial charge on any atom is -0.476 e. The number of sulfonamides is 1. The molecule has 3 aromatic carbocycles. The van der Waals surface area contributed by atoms with Crippen molar-refractivity contribution in [3.05, 3.63) is 90.0 Å². The number of para-hydroxylation sites is 2. The maximum Gasteiger partial charge on any atom is 0.265 e. The number of amides is 1. The Morgan fingerprint density at radius 1 is 0.871 bits per heavy atom. The molecule has 0 spiro atoms. The third-order valence-corrected chi connectivity index (χ3v) is 7.58. The number of hydrogen-bond acceptors (Lipinski definition) is 4. The lowest BCUT2D eigenvalue weighted by Gasteiger charge is -2.38. The Morgan fingerprint density at radius 3 is 2.35 bits per heavy atom. The molecule has 5 rings (SSSR count). The molecule has 2 aliphatic heterocycles. The van der Waals surface area contributed by atoms with Crippen LogP contribution < -0.4 is 9.04 Å². The van der Waals surface area contributed by atoms with E-state index < -0.39 is 16.1 Å². The SMILES string of the molecule is O=C([C@H]1CN(S(=O)(=O)c2ccccc2)c2ccccc2O1)N1CCc2ccccc2C1. The van der Waals surface area contributed by atoms with Gasteiger partial charge in [-0.3, -0.25) is 9.10 Å². The Hall–Kier alpha value is -3.32. The maximum absolute atomic E-state index is 13.4. The van der Waals surface area contributed by atoms with E-state index in [1.165, 1.54) is 9.87 Å². The summed E-state index contributed by atoms with van der Waals surface area (Å²) < 4.78 is 34.1. The number of nitrogens with zero attached hydrogens (tertiary/aromatic N) is 2. The molecule has 3 aromatic rings. The average molecular weight is 435 g/mol. The molecule has 31 heavy (non-hydrogen) atoms. The Morgan fingerprint density at radius 2 is 1.55 bits per heavy atom. The monoisotopic (exact) mass is 434 g/mol. The number of carbonyl (C=O) groups is 1. The standard InChI is InChI=1S/C24H22N2O4S/c27-24(25-15-14-18-8-4-5-9-19(18)16-25)23-17-26(21-12-6-7-13-22(21)30-23)31(28,29)20-10-2-1-3-11-20/h1-13,23H,14-17H2/t23-/m1/s1. The quantitative estimate of drug-likeness (QED) is 0.635. The van der Waals surface area contributed by atoms with Crippen LogP contribution in [0.2, 0.25) is 0 Å². The van der Waals surface area contributed by atoms with Gasteiger partial charge in [-0.25, -0.2) is 8.42 Å². The molecule has 2 heterocycles. The molecule has 0 fully saturated rings. The molecular weight excluding hydrogens is 412 g/mol. The molecule has 0 radical (unpaired) electrons. The van der Waals surface area contributed by atoms with Crippen molar-refractivity contribution in [1.82, 2.24) is 4.90 Å². The smallest absolute Gasteiger partial charge is 0.265 e. The highest BCUT2D eigenvalue weighted by atomic mass is 32.2. The first-order chi connectivity index (χ1) is 15.0. The first kappa shape index (κ1) is 19.6. The molecule has 2 aliphatic rings. The van der Waals surface area contributed by atoms with E-state index in [1.54, 1.807) is 59.5 Å². The number of rotatable bonds is 3. The summed E-state index contributed by atoms with van der Waals surface area (Å²) in [6, 6.07) is 23.3. The summed E-state index contributed by atoms with van der Waals surface area (Å²) in [6.07, 6.45) is -0.129. The fourth-order valence-corrected chi connectivity index (χ4v) is 5.66. The van der Waals surface area contributed by atoms with Crippen molar-refractivity contribution in [2.45, 2.75) is 24.0 Å². The molecule has 0 saturated carbocycles. The summed E-state index contributed by atoms with van der Waals surface area (Å²) in [5.74, 6) is 0.196. The third kappa shape index (κ3) is 3.55. The summed E-state index contributed by atoms with van der Waals surface area (Å²) in [5.41, 5.74) is 2.81. The lowest BCUT2D eigenvalue weighted by atomic mass is 9.99. The number of anilines is 1. The lowest BCUT2D eigenvalue weighted by Crippen LogP contribution is -2.52. The van der Waals surface area contributed by atoms with Crippen LogP contribution >= 0.6 is 0 Å². The Kier molecular flexibility index (Phi) is 4.90. The van der Waals surface area contributed by atoms with Gasteiger partial charge in [-0.15, -0.1) is 0 Å². The van der Waals surface area contributed by atoms with Crippen LogP contribution in [0.1, 0.15) is 11.1 Å². The van der Waals surface area contributed by atoms with E-state index in [9.17, 15) is 13.2 Å². The lowest BCUT2D eigenvalue weighted by molar-refractivity contribution is -0.139. The van der Waals surface area contributed by atoms with Crippen LogP contribution in [0.15, 0.2) is 83.8 Å². The molecule has 6 nitrogen and oxygen atoms in total. The third-order valence-electron chi connectivity index (χ3n) is 5.78. The first-order valence-electron chi connectivity index (χ1n) is 10.2. The molecule has 0 unspecified atom stereocenters. The van der Waals surface area contributed by atoms with E-state index in [-0.39, 0.29) is 17.3 Å². The minimum absolute atomic E-state index is 0.0643. The molecule has 0 bridgehead atoms. The molecule has 0 aliphatic carbocycles.